The maximum atomic E-state index is 11.4. The Labute approximate surface area is 105 Å². The largest absolute Gasteiger partial charge is 0.355 e. The maximum absolute atomic E-state index is 11.4. The number of rotatable bonds is 7. The standard InChI is InChI=1S/C10H17N5OS/c1-2-5-11-10(16)7-17-6-9-12-13-14-15(9)8-3-4-8/h8H,2-7H2,1H3,(H,11,16). The highest BCUT2D eigenvalue weighted by Crippen LogP contribution is 2.34. The Morgan fingerprint density at radius 3 is 3.12 bits per heavy atom. The lowest BCUT2D eigenvalue weighted by molar-refractivity contribution is -0.118. The van der Waals surface area contributed by atoms with E-state index in [2.05, 4.69) is 20.8 Å². The Balaban J connectivity index is 1.70. The van der Waals surface area contributed by atoms with Crippen LogP contribution in [0.2, 0.25) is 0 Å². The highest BCUT2D eigenvalue weighted by molar-refractivity contribution is 7.99. The molecule has 0 bridgehead atoms. The summed E-state index contributed by atoms with van der Waals surface area (Å²) in [5.74, 6) is 2.13. The van der Waals surface area contributed by atoms with Gasteiger partial charge in [0, 0.05) is 6.54 Å². The van der Waals surface area contributed by atoms with E-state index >= 15 is 0 Å². The van der Waals surface area contributed by atoms with Crippen LogP contribution in [-0.2, 0) is 10.5 Å². The van der Waals surface area contributed by atoms with Gasteiger partial charge in [0.05, 0.1) is 17.5 Å². The third-order valence-corrected chi connectivity index (χ3v) is 3.42. The summed E-state index contributed by atoms with van der Waals surface area (Å²) in [6.45, 7) is 2.79. The van der Waals surface area contributed by atoms with Gasteiger partial charge in [-0.1, -0.05) is 6.92 Å². The zero-order chi connectivity index (χ0) is 12.1. The summed E-state index contributed by atoms with van der Waals surface area (Å²) in [5, 5.41) is 14.5. The van der Waals surface area contributed by atoms with Crippen LogP contribution in [0.15, 0.2) is 0 Å². The van der Waals surface area contributed by atoms with Crippen molar-refractivity contribution in [3.8, 4) is 0 Å². The van der Waals surface area contributed by atoms with Crippen molar-refractivity contribution in [2.45, 2.75) is 38.0 Å². The number of carbonyl (C=O) groups is 1. The fourth-order valence-corrected chi connectivity index (χ4v) is 2.22. The lowest BCUT2D eigenvalue weighted by atomic mass is 10.5. The first-order chi connectivity index (χ1) is 8.31. The molecule has 1 aromatic rings. The number of thioether (sulfide) groups is 1. The normalized spacial score (nSPS) is 14.9. The molecular weight excluding hydrogens is 238 g/mol. The Kier molecular flexibility index (Phi) is 4.36. The molecule has 0 unspecified atom stereocenters. The quantitative estimate of drug-likeness (QED) is 0.779. The Bertz CT molecular complexity index is 377. The zero-order valence-corrected chi connectivity index (χ0v) is 10.7. The van der Waals surface area contributed by atoms with E-state index in [-0.39, 0.29) is 5.91 Å². The average Bonchev–Trinajstić information content (AvgIpc) is 3.07. The average molecular weight is 255 g/mol. The van der Waals surface area contributed by atoms with Crippen molar-refractivity contribution in [2.24, 2.45) is 0 Å². The second kappa shape index (κ2) is 6.00. The van der Waals surface area contributed by atoms with Gasteiger partial charge in [-0.2, -0.15) is 0 Å². The second-order valence-electron chi connectivity index (χ2n) is 4.11. The summed E-state index contributed by atoms with van der Waals surface area (Å²) in [6.07, 6.45) is 3.30. The molecule has 1 aromatic heterocycles. The SMILES string of the molecule is CCCNC(=O)CSCc1nnnn1C1CC1. The smallest absolute Gasteiger partial charge is 0.230 e. The Morgan fingerprint density at radius 1 is 1.59 bits per heavy atom. The van der Waals surface area contributed by atoms with E-state index in [0.29, 0.717) is 17.5 Å². The number of hydrogen-bond donors (Lipinski definition) is 1. The minimum atomic E-state index is 0.0855. The van der Waals surface area contributed by atoms with Crippen LogP contribution < -0.4 is 5.32 Å². The summed E-state index contributed by atoms with van der Waals surface area (Å²) >= 11 is 1.55. The third kappa shape index (κ3) is 3.69. The van der Waals surface area contributed by atoms with Crippen molar-refractivity contribution in [1.29, 1.82) is 0 Å². The lowest BCUT2D eigenvalue weighted by Gasteiger charge is -2.03. The van der Waals surface area contributed by atoms with Crippen molar-refractivity contribution in [2.75, 3.05) is 12.3 Å². The molecule has 94 valence electrons. The zero-order valence-electron chi connectivity index (χ0n) is 9.93. The first kappa shape index (κ1) is 12.3. The topological polar surface area (TPSA) is 72.7 Å². The minimum Gasteiger partial charge on any atom is -0.355 e. The number of hydrogen-bond acceptors (Lipinski definition) is 5. The number of amides is 1. The summed E-state index contributed by atoms with van der Waals surface area (Å²) < 4.78 is 1.89. The van der Waals surface area contributed by atoms with Gasteiger partial charge in [0.2, 0.25) is 5.91 Å². The molecule has 0 aliphatic heterocycles. The molecule has 0 atom stereocenters. The van der Waals surface area contributed by atoms with E-state index in [0.717, 1.165) is 18.8 Å². The molecule has 0 radical (unpaired) electrons. The highest BCUT2D eigenvalue weighted by Gasteiger charge is 2.27. The van der Waals surface area contributed by atoms with Crippen molar-refractivity contribution in [1.82, 2.24) is 25.5 Å². The summed E-state index contributed by atoms with van der Waals surface area (Å²) in [5.41, 5.74) is 0. The van der Waals surface area contributed by atoms with Crippen LogP contribution in [0, 0.1) is 0 Å². The molecule has 0 aromatic carbocycles. The first-order valence-electron chi connectivity index (χ1n) is 5.92. The van der Waals surface area contributed by atoms with Crippen molar-refractivity contribution < 1.29 is 4.79 Å². The van der Waals surface area contributed by atoms with Crippen LogP contribution in [0.5, 0.6) is 0 Å². The van der Waals surface area contributed by atoms with E-state index in [1.807, 2.05) is 11.6 Å². The molecule has 2 rings (SSSR count). The number of nitrogens with one attached hydrogen (secondary N) is 1. The van der Waals surface area contributed by atoms with E-state index in [4.69, 9.17) is 0 Å². The van der Waals surface area contributed by atoms with Gasteiger partial charge in [-0.3, -0.25) is 4.79 Å². The molecule has 1 saturated carbocycles. The molecule has 0 spiro atoms. The minimum absolute atomic E-state index is 0.0855. The predicted molar refractivity (Wildman–Crippen MR) is 65.6 cm³/mol. The van der Waals surface area contributed by atoms with Crippen LogP contribution in [0.25, 0.3) is 0 Å². The fraction of sp³-hybridized carbons (Fsp3) is 0.800. The molecule has 0 saturated heterocycles. The van der Waals surface area contributed by atoms with Gasteiger partial charge in [-0.15, -0.1) is 16.9 Å². The summed E-state index contributed by atoms with van der Waals surface area (Å²) in [4.78, 5) is 11.4. The molecule has 1 fully saturated rings. The van der Waals surface area contributed by atoms with Gasteiger partial charge >= 0.3 is 0 Å². The predicted octanol–water partition coefficient (Wildman–Crippen LogP) is 0.767. The lowest BCUT2D eigenvalue weighted by Crippen LogP contribution is -2.25. The monoisotopic (exact) mass is 255 g/mol. The molecule has 17 heavy (non-hydrogen) atoms. The fourth-order valence-electron chi connectivity index (χ4n) is 1.46. The molecule has 7 heteroatoms. The highest BCUT2D eigenvalue weighted by atomic mass is 32.2. The van der Waals surface area contributed by atoms with Gasteiger partial charge in [-0.05, 0) is 29.7 Å². The van der Waals surface area contributed by atoms with E-state index in [1.54, 1.807) is 11.8 Å². The number of tetrazole rings is 1. The van der Waals surface area contributed by atoms with Gasteiger partial charge in [0.25, 0.3) is 0 Å². The number of carbonyl (C=O) groups excluding carboxylic acids is 1. The number of aromatic nitrogens is 4. The van der Waals surface area contributed by atoms with Crippen LogP contribution in [-0.4, -0.2) is 38.4 Å². The van der Waals surface area contributed by atoms with Gasteiger partial charge < -0.3 is 5.32 Å². The van der Waals surface area contributed by atoms with E-state index in [9.17, 15) is 4.79 Å². The van der Waals surface area contributed by atoms with Crippen LogP contribution in [0.3, 0.4) is 0 Å². The molecule has 1 amide bonds. The summed E-state index contributed by atoms with van der Waals surface area (Å²) in [6, 6.07) is 0.495. The van der Waals surface area contributed by atoms with Crippen molar-refractivity contribution >= 4 is 17.7 Å². The van der Waals surface area contributed by atoms with Crippen molar-refractivity contribution in [3.05, 3.63) is 5.82 Å². The Hall–Kier alpha value is -1.11. The second-order valence-corrected chi connectivity index (χ2v) is 5.10. The Morgan fingerprint density at radius 2 is 2.41 bits per heavy atom. The molecule has 6 nitrogen and oxygen atoms in total. The first-order valence-corrected chi connectivity index (χ1v) is 7.08. The summed E-state index contributed by atoms with van der Waals surface area (Å²) in [7, 11) is 0. The molecule has 1 N–H and O–H groups in total. The number of nitrogens with zero attached hydrogens (tertiary/aromatic N) is 4. The van der Waals surface area contributed by atoms with Gasteiger partial charge in [0.15, 0.2) is 5.82 Å². The van der Waals surface area contributed by atoms with Gasteiger partial charge in [-0.25, -0.2) is 4.68 Å². The van der Waals surface area contributed by atoms with Gasteiger partial charge in [0.1, 0.15) is 0 Å². The van der Waals surface area contributed by atoms with Crippen LogP contribution in [0.4, 0.5) is 0 Å². The maximum Gasteiger partial charge on any atom is 0.230 e. The van der Waals surface area contributed by atoms with Crippen LogP contribution in [0.1, 0.15) is 38.1 Å². The third-order valence-electron chi connectivity index (χ3n) is 2.49. The molecule has 1 aliphatic rings. The molecule has 1 heterocycles. The van der Waals surface area contributed by atoms with Crippen LogP contribution >= 0.6 is 11.8 Å². The van der Waals surface area contributed by atoms with E-state index < -0.39 is 0 Å². The van der Waals surface area contributed by atoms with Crippen molar-refractivity contribution in [3.63, 3.8) is 0 Å². The van der Waals surface area contributed by atoms with E-state index in [1.165, 1.54) is 12.8 Å². The molecule has 1 aliphatic carbocycles. The molecular formula is C10H17N5OS.